The fourth-order valence-corrected chi connectivity index (χ4v) is 3.92. The average molecular weight is 409 g/mol. The summed E-state index contributed by atoms with van der Waals surface area (Å²) in [7, 11) is 1.69. The van der Waals surface area contributed by atoms with Crippen LogP contribution in [0.4, 0.5) is 4.79 Å². The summed E-state index contributed by atoms with van der Waals surface area (Å²) in [6.07, 6.45) is 7.72. The van der Waals surface area contributed by atoms with Gasteiger partial charge >= 0.3 is 6.03 Å². The smallest absolute Gasteiger partial charge is 0.325 e. The van der Waals surface area contributed by atoms with Gasteiger partial charge in [0.2, 0.25) is 0 Å². The van der Waals surface area contributed by atoms with Gasteiger partial charge in [-0.1, -0.05) is 30.3 Å². The van der Waals surface area contributed by atoms with E-state index >= 15 is 0 Å². The maximum absolute atomic E-state index is 12.6. The monoisotopic (exact) mass is 409 g/mol. The summed E-state index contributed by atoms with van der Waals surface area (Å²) in [6.45, 7) is 2.13. The van der Waals surface area contributed by atoms with Crippen molar-refractivity contribution >= 4 is 17.9 Å². The zero-order chi connectivity index (χ0) is 20.9. The van der Waals surface area contributed by atoms with E-state index in [9.17, 15) is 9.59 Å². The molecule has 4 rings (SSSR count). The lowest BCUT2D eigenvalue weighted by Crippen LogP contribution is -2.64. The van der Waals surface area contributed by atoms with Crippen molar-refractivity contribution in [2.75, 3.05) is 20.1 Å². The van der Waals surface area contributed by atoms with Crippen LogP contribution in [0.5, 0.6) is 0 Å². The Morgan fingerprint density at radius 3 is 2.73 bits per heavy atom. The lowest BCUT2D eigenvalue weighted by atomic mass is 10.1. The molecule has 1 aromatic heterocycles. The molecule has 0 radical (unpaired) electrons. The molecule has 2 aliphatic heterocycles. The van der Waals surface area contributed by atoms with Crippen molar-refractivity contribution in [3.8, 4) is 0 Å². The van der Waals surface area contributed by atoms with Gasteiger partial charge in [-0.15, -0.1) is 0 Å². The van der Waals surface area contributed by atoms with Crippen molar-refractivity contribution in [1.82, 2.24) is 30.0 Å². The van der Waals surface area contributed by atoms with E-state index in [-0.39, 0.29) is 11.9 Å². The summed E-state index contributed by atoms with van der Waals surface area (Å²) >= 11 is 0. The fraction of sp³-hybridized carbons (Fsp3) is 0.429. The number of rotatable bonds is 8. The summed E-state index contributed by atoms with van der Waals surface area (Å²) in [5.41, 5.74) is 1.26. The molecule has 1 aromatic carbocycles. The number of nitrogens with zero attached hydrogens (tertiary/aromatic N) is 5. The Balaban J connectivity index is 1.43. The molecule has 2 atom stereocenters. The van der Waals surface area contributed by atoms with Crippen LogP contribution in [-0.4, -0.2) is 69.6 Å². The van der Waals surface area contributed by atoms with E-state index in [1.54, 1.807) is 19.6 Å². The number of likely N-dealkylation sites (N-methyl/N-ethyl adjacent to an activating group) is 1. The molecule has 30 heavy (non-hydrogen) atoms. The third kappa shape index (κ3) is 4.29. The number of hydrogen-bond donors (Lipinski definition) is 2. The second-order valence-electron chi connectivity index (χ2n) is 7.58. The van der Waals surface area contributed by atoms with Crippen molar-refractivity contribution in [3.63, 3.8) is 0 Å². The number of aryl methyl sites for hydroxylation is 2. The van der Waals surface area contributed by atoms with Gasteiger partial charge in [-0.3, -0.25) is 15.1 Å². The van der Waals surface area contributed by atoms with E-state index in [2.05, 4.69) is 27.8 Å². The second-order valence-corrected chi connectivity index (χ2v) is 7.58. The highest BCUT2D eigenvalue weighted by Gasteiger charge is 2.49. The van der Waals surface area contributed by atoms with Crippen LogP contribution in [0.15, 0.2) is 54.0 Å². The molecular formula is C21H27N7O2. The first kappa shape index (κ1) is 19.9. The quantitative estimate of drug-likeness (QED) is 0.636. The lowest BCUT2D eigenvalue weighted by Gasteiger charge is -2.35. The second kappa shape index (κ2) is 8.98. The molecule has 9 heteroatoms. The Morgan fingerprint density at radius 1 is 1.13 bits per heavy atom. The first-order valence-electron chi connectivity index (χ1n) is 10.3. The molecule has 158 valence electrons. The maximum Gasteiger partial charge on any atom is 0.325 e. The van der Waals surface area contributed by atoms with E-state index in [0.29, 0.717) is 19.0 Å². The number of urea groups is 1. The standard InChI is InChI=1S/C21H27N7O2/c1-26-18-17(19(29)25-21(26)30)28(13-5-9-16-7-3-2-4-8-16)20(24-18)23-10-6-12-27-14-11-22-15-27/h2-4,7-8,11,14-15,17-18H,5-6,9-10,12-13H2,1H3,(H,23,24)(H,25,29,30). The van der Waals surface area contributed by atoms with Crippen molar-refractivity contribution in [1.29, 1.82) is 0 Å². The molecule has 9 nitrogen and oxygen atoms in total. The molecule has 2 aromatic rings. The van der Waals surface area contributed by atoms with E-state index in [1.807, 2.05) is 33.9 Å². The normalized spacial score (nSPS) is 22.2. The van der Waals surface area contributed by atoms with Crippen molar-refractivity contribution in [3.05, 3.63) is 54.6 Å². The van der Waals surface area contributed by atoms with Crippen LogP contribution in [0.1, 0.15) is 18.4 Å². The average Bonchev–Trinajstić information content (AvgIpc) is 3.39. The Morgan fingerprint density at radius 2 is 1.97 bits per heavy atom. The van der Waals surface area contributed by atoms with Gasteiger partial charge in [-0.05, 0) is 24.8 Å². The van der Waals surface area contributed by atoms with Crippen LogP contribution < -0.4 is 10.6 Å². The van der Waals surface area contributed by atoms with Crippen LogP contribution in [-0.2, 0) is 17.8 Å². The number of guanidine groups is 1. The van der Waals surface area contributed by atoms with E-state index in [1.165, 1.54) is 10.5 Å². The minimum absolute atomic E-state index is 0.279. The fourth-order valence-electron chi connectivity index (χ4n) is 3.92. The predicted octanol–water partition coefficient (Wildman–Crippen LogP) is 1.04. The van der Waals surface area contributed by atoms with Crippen molar-refractivity contribution in [2.45, 2.75) is 38.0 Å². The zero-order valence-electron chi connectivity index (χ0n) is 17.1. The number of imide groups is 1. The van der Waals surface area contributed by atoms with E-state index < -0.39 is 12.2 Å². The number of aliphatic imine (C=N–C) groups is 1. The molecule has 3 heterocycles. The van der Waals surface area contributed by atoms with Crippen LogP contribution in [0.25, 0.3) is 0 Å². The van der Waals surface area contributed by atoms with Crippen molar-refractivity contribution in [2.24, 2.45) is 4.99 Å². The van der Waals surface area contributed by atoms with Gasteiger partial charge < -0.3 is 19.7 Å². The SMILES string of the molecule is CN1C(=O)NC(=O)C2C1NC(=NCCCn1ccnc1)N2CCCc1ccccc1. The molecule has 2 saturated heterocycles. The number of benzene rings is 1. The van der Waals surface area contributed by atoms with Crippen molar-refractivity contribution < 1.29 is 9.59 Å². The minimum atomic E-state index is -0.476. The number of imidazole rings is 1. The highest BCUT2D eigenvalue weighted by atomic mass is 16.2. The molecule has 3 amide bonds. The number of fused-ring (bicyclic) bond motifs is 1. The highest BCUT2D eigenvalue weighted by Crippen LogP contribution is 2.21. The zero-order valence-corrected chi connectivity index (χ0v) is 17.1. The lowest BCUT2D eigenvalue weighted by molar-refractivity contribution is -0.127. The molecule has 0 bridgehead atoms. The topological polar surface area (TPSA) is 94.9 Å². The van der Waals surface area contributed by atoms with Gasteiger partial charge in [-0.2, -0.15) is 0 Å². The van der Waals surface area contributed by atoms with Gasteiger partial charge in [0.1, 0.15) is 6.17 Å². The Labute approximate surface area is 175 Å². The number of aromatic nitrogens is 2. The number of carbonyl (C=O) groups is 2. The number of amides is 3. The number of nitrogens with one attached hydrogen (secondary N) is 2. The first-order chi connectivity index (χ1) is 14.6. The van der Waals surface area contributed by atoms with Crippen LogP contribution in [0.2, 0.25) is 0 Å². The molecule has 0 aliphatic carbocycles. The summed E-state index contributed by atoms with van der Waals surface area (Å²) < 4.78 is 2.01. The van der Waals surface area contributed by atoms with Gasteiger partial charge in [-0.25, -0.2) is 9.78 Å². The largest absolute Gasteiger partial charge is 0.337 e. The number of hydrogen-bond acceptors (Lipinski definition) is 4. The minimum Gasteiger partial charge on any atom is -0.337 e. The predicted molar refractivity (Wildman–Crippen MR) is 113 cm³/mol. The summed E-state index contributed by atoms with van der Waals surface area (Å²) in [5, 5.41) is 5.74. The van der Waals surface area contributed by atoms with Gasteiger partial charge in [0.15, 0.2) is 12.0 Å². The summed E-state index contributed by atoms with van der Waals surface area (Å²) in [6, 6.07) is 9.42. The molecule has 0 spiro atoms. The van der Waals surface area contributed by atoms with E-state index in [0.717, 1.165) is 25.8 Å². The molecular weight excluding hydrogens is 382 g/mol. The third-order valence-corrected chi connectivity index (χ3v) is 5.52. The Bertz CT molecular complexity index is 897. The summed E-state index contributed by atoms with van der Waals surface area (Å²) in [5.74, 6) is 0.402. The Kier molecular flexibility index (Phi) is 5.97. The Hall–Kier alpha value is -3.36. The molecule has 2 N–H and O–H groups in total. The molecule has 2 unspecified atom stereocenters. The third-order valence-electron chi connectivity index (χ3n) is 5.52. The van der Waals surface area contributed by atoms with Gasteiger partial charge in [0.05, 0.1) is 6.33 Å². The van der Waals surface area contributed by atoms with Crippen LogP contribution >= 0.6 is 0 Å². The molecule has 2 aliphatic rings. The molecule has 0 saturated carbocycles. The first-order valence-corrected chi connectivity index (χ1v) is 10.3. The number of carbonyl (C=O) groups excluding carboxylic acids is 2. The maximum atomic E-state index is 12.6. The van der Waals surface area contributed by atoms with Crippen LogP contribution in [0, 0.1) is 0 Å². The van der Waals surface area contributed by atoms with Gasteiger partial charge in [0, 0.05) is 39.1 Å². The highest BCUT2D eigenvalue weighted by molar-refractivity contribution is 6.04. The van der Waals surface area contributed by atoms with Crippen LogP contribution in [0.3, 0.4) is 0 Å². The molecule has 2 fully saturated rings. The van der Waals surface area contributed by atoms with Gasteiger partial charge in [0.25, 0.3) is 5.91 Å². The van der Waals surface area contributed by atoms with E-state index in [4.69, 9.17) is 4.99 Å². The summed E-state index contributed by atoms with van der Waals surface area (Å²) in [4.78, 5) is 36.9.